The average molecular weight is 254 g/mol. The molecule has 19 heavy (non-hydrogen) atoms. The number of hydrogen-bond donors (Lipinski definition) is 2. The van der Waals surface area contributed by atoms with Crippen LogP contribution in [0.5, 0.6) is 5.75 Å². The van der Waals surface area contributed by atoms with Crippen LogP contribution in [-0.2, 0) is 4.79 Å². The molecule has 0 saturated heterocycles. The van der Waals surface area contributed by atoms with Gasteiger partial charge in [0, 0.05) is 6.21 Å². The number of phenols is 1. The molecule has 96 valence electrons. The minimum absolute atomic E-state index is 0.171. The van der Waals surface area contributed by atoms with E-state index in [1.807, 2.05) is 18.2 Å². The minimum atomic E-state index is -0.755. The molecule has 0 fully saturated rings. The molecule has 1 atom stereocenters. The fourth-order valence-electron chi connectivity index (χ4n) is 1.58. The number of amides is 1. The van der Waals surface area contributed by atoms with Crippen LogP contribution in [0.4, 0.5) is 0 Å². The van der Waals surface area contributed by atoms with Crippen LogP contribution >= 0.6 is 0 Å². The third-order valence-electron chi connectivity index (χ3n) is 2.66. The third-order valence-corrected chi connectivity index (χ3v) is 2.66. The molecule has 1 amide bonds. The van der Waals surface area contributed by atoms with Crippen LogP contribution in [0.3, 0.4) is 0 Å². The van der Waals surface area contributed by atoms with Crippen LogP contribution in [0.15, 0.2) is 59.6 Å². The van der Waals surface area contributed by atoms with Gasteiger partial charge in [0.2, 0.25) is 0 Å². The molecule has 0 spiro atoms. The van der Waals surface area contributed by atoms with E-state index in [-0.39, 0.29) is 5.75 Å². The molecule has 2 aromatic carbocycles. The fourth-order valence-corrected chi connectivity index (χ4v) is 1.58. The van der Waals surface area contributed by atoms with E-state index in [4.69, 9.17) is 10.8 Å². The van der Waals surface area contributed by atoms with Gasteiger partial charge in [-0.25, -0.2) is 4.99 Å². The van der Waals surface area contributed by atoms with Gasteiger partial charge in [0.1, 0.15) is 11.8 Å². The Balaban J connectivity index is 2.07. The van der Waals surface area contributed by atoms with Gasteiger partial charge < -0.3 is 10.8 Å². The molecule has 0 radical (unpaired) electrons. The minimum Gasteiger partial charge on any atom is -0.508 e. The van der Waals surface area contributed by atoms with Crippen molar-refractivity contribution in [3.8, 4) is 5.75 Å². The van der Waals surface area contributed by atoms with E-state index in [2.05, 4.69) is 4.99 Å². The van der Waals surface area contributed by atoms with Crippen molar-refractivity contribution in [3.63, 3.8) is 0 Å². The van der Waals surface area contributed by atoms with Crippen molar-refractivity contribution in [1.29, 1.82) is 0 Å². The Kier molecular flexibility index (Phi) is 4.05. The van der Waals surface area contributed by atoms with Gasteiger partial charge in [0.15, 0.2) is 0 Å². The first kappa shape index (κ1) is 13.0. The van der Waals surface area contributed by atoms with E-state index in [1.165, 1.54) is 18.3 Å². The highest BCUT2D eigenvalue weighted by Crippen LogP contribution is 2.11. The van der Waals surface area contributed by atoms with Crippen LogP contribution in [0.2, 0.25) is 0 Å². The summed E-state index contributed by atoms with van der Waals surface area (Å²) in [5.41, 5.74) is 7.28. The van der Waals surface area contributed by atoms with E-state index >= 15 is 0 Å². The molecule has 0 aromatic heterocycles. The predicted octanol–water partition coefficient (Wildman–Crippen LogP) is 2.04. The summed E-state index contributed by atoms with van der Waals surface area (Å²) in [7, 11) is 0. The van der Waals surface area contributed by atoms with Gasteiger partial charge in [-0.15, -0.1) is 0 Å². The largest absolute Gasteiger partial charge is 0.508 e. The monoisotopic (exact) mass is 254 g/mol. The van der Waals surface area contributed by atoms with Crippen LogP contribution in [0.25, 0.3) is 0 Å². The summed E-state index contributed by atoms with van der Waals surface area (Å²) in [6.07, 6.45) is 1.44. The van der Waals surface area contributed by atoms with Crippen LogP contribution in [0, 0.1) is 0 Å². The summed E-state index contributed by atoms with van der Waals surface area (Å²) in [5, 5.41) is 9.14. The molecule has 2 rings (SSSR count). The maximum Gasteiger partial charge on any atom is 0.267 e. The standard InChI is InChI=1S/C15H14N2O2/c16-14(12-4-2-1-3-5-12)15(19)17-10-11-6-8-13(18)9-7-11/h1-10,14,18H,16H2/t14-/m1/s1. The van der Waals surface area contributed by atoms with Crippen LogP contribution in [-0.4, -0.2) is 17.2 Å². The molecule has 0 aliphatic carbocycles. The quantitative estimate of drug-likeness (QED) is 0.823. The summed E-state index contributed by atoms with van der Waals surface area (Å²) >= 11 is 0. The summed E-state index contributed by atoms with van der Waals surface area (Å²) in [5.74, 6) is -0.233. The van der Waals surface area contributed by atoms with E-state index in [0.29, 0.717) is 0 Å². The van der Waals surface area contributed by atoms with Crippen LogP contribution < -0.4 is 5.73 Å². The lowest BCUT2D eigenvalue weighted by molar-refractivity contribution is -0.119. The number of nitrogens with zero attached hydrogens (tertiary/aromatic N) is 1. The van der Waals surface area contributed by atoms with Crippen LogP contribution in [0.1, 0.15) is 17.2 Å². The average Bonchev–Trinajstić information content (AvgIpc) is 2.46. The Hall–Kier alpha value is -2.46. The fraction of sp³-hybridized carbons (Fsp3) is 0.0667. The van der Waals surface area contributed by atoms with Gasteiger partial charge in [-0.1, -0.05) is 30.3 Å². The molecule has 0 aliphatic rings. The van der Waals surface area contributed by atoms with Crippen molar-refractivity contribution in [2.24, 2.45) is 10.7 Å². The lowest BCUT2D eigenvalue weighted by Crippen LogP contribution is -2.19. The van der Waals surface area contributed by atoms with Crippen molar-refractivity contribution in [2.75, 3.05) is 0 Å². The topological polar surface area (TPSA) is 75.7 Å². The maximum atomic E-state index is 11.8. The lowest BCUT2D eigenvalue weighted by Gasteiger charge is -2.06. The number of phenolic OH excluding ortho intramolecular Hbond substituents is 1. The maximum absolute atomic E-state index is 11.8. The van der Waals surface area contributed by atoms with Crippen molar-refractivity contribution >= 4 is 12.1 Å². The Morgan fingerprint density at radius 1 is 1.11 bits per heavy atom. The van der Waals surface area contributed by atoms with E-state index in [1.54, 1.807) is 24.3 Å². The Morgan fingerprint density at radius 3 is 2.37 bits per heavy atom. The summed E-state index contributed by atoms with van der Waals surface area (Å²) < 4.78 is 0. The second kappa shape index (κ2) is 5.93. The van der Waals surface area contributed by atoms with E-state index in [9.17, 15) is 4.79 Å². The Bertz CT molecular complexity index is 577. The number of aromatic hydroxyl groups is 1. The first-order valence-corrected chi connectivity index (χ1v) is 5.84. The van der Waals surface area contributed by atoms with Crippen molar-refractivity contribution < 1.29 is 9.90 Å². The SMILES string of the molecule is N[C@@H](C(=O)N=Cc1ccc(O)cc1)c1ccccc1. The smallest absolute Gasteiger partial charge is 0.267 e. The highest BCUT2D eigenvalue weighted by Gasteiger charge is 2.13. The number of nitrogens with two attached hydrogens (primary N) is 1. The molecule has 0 bridgehead atoms. The molecular weight excluding hydrogens is 240 g/mol. The zero-order chi connectivity index (χ0) is 13.7. The molecule has 4 nitrogen and oxygen atoms in total. The first-order valence-electron chi connectivity index (χ1n) is 5.84. The van der Waals surface area contributed by atoms with Gasteiger partial charge >= 0.3 is 0 Å². The lowest BCUT2D eigenvalue weighted by atomic mass is 10.1. The number of benzene rings is 2. The highest BCUT2D eigenvalue weighted by molar-refractivity contribution is 5.94. The van der Waals surface area contributed by atoms with Gasteiger partial charge in [-0.2, -0.15) is 0 Å². The normalized spacial score (nSPS) is 12.5. The summed E-state index contributed by atoms with van der Waals surface area (Å²) in [4.78, 5) is 15.6. The Morgan fingerprint density at radius 2 is 1.74 bits per heavy atom. The molecule has 3 N–H and O–H groups in total. The predicted molar refractivity (Wildman–Crippen MR) is 74.1 cm³/mol. The second-order valence-electron chi connectivity index (χ2n) is 4.08. The first-order chi connectivity index (χ1) is 9.16. The summed E-state index contributed by atoms with van der Waals surface area (Å²) in [6, 6.07) is 14.7. The number of carbonyl (C=O) groups excluding carboxylic acids is 1. The second-order valence-corrected chi connectivity index (χ2v) is 4.08. The van der Waals surface area contributed by atoms with E-state index in [0.717, 1.165) is 11.1 Å². The zero-order valence-corrected chi connectivity index (χ0v) is 10.2. The Labute approximate surface area is 111 Å². The summed E-state index contributed by atoms with van der Waals surface area (Å²) in [6.45, 7) is 0. The van der Waals surface area contributed by atoms with Crippen molar-refractivity contribution in [1.82, 2.24) is 0 Å². The number of rotatable bonds is 3. The van der Waals surface area contributed by atoms with Crippen molar-refractivity contribution in [3.05, 3.63) is 65.7 Å². The zero-order valence-electron chi connectivity index (χ0n) is 10.2. The molecule has 0 heterocycles. The molecule has 0 saturated carbocycles. The van der Waals surface area contributed by atoms with Gasteiger partial charge in [0.25, 0.3) is 5.91 Å². The van der Waals surface area contributed by atoms with Gasteiger partial charge in [-0.3, -0.25) is 4.79 Å². The number of carbonyl (C=O) groups is 1. The molecular formula is C15H14N2O2. The molecule has 2 aromatic rings. The molecule has 0 unspecified atom stereocenters. The van der Waals surface area contributed by atoms with Crippen molar-refractivity contribution in [2.45, 2.75) is 6.04 Å². The number of hydrogen-bond acceptors (Lipinski definition) is 3. The van der Waals surface area contributed by atoms with Gasteiger partial charge in [-0.05, 0) is 35.4 Å². The number of aliphatic imine (C=N–C) groups is 1. The van der Waals surface area contributed by atoms with Gasteiger partial charge in [0.05, 0.1) is 0 Å². The molecule has 0 aliphatic heterocycles. The highest BCUT2D eigenvalue weighted by atomic mass is 16.3. The van der Waals surface area contributed by atoms with E-state index < -0.39 is 11.9 Å². The molecule has 4 heteroatoms. The third kappa shape index (κ3) is 3.50.